The SMILES string of the molecule is O=C(NN=Cc1ccc(Sc2nc3ccc([N+](=O)[O-])cc3s2)c([N+](=O)[O-])c1)c1ccccc1O. The van der Waals surface area contributed by atoms with Crippen molar-refractivity contribution in [3.8, 4) is 5.75 Å². The molecule has 13 heteroatoms. The first kappa shape index (κ1) is 22.8. The number of benzene rings is 3. The Kier molecular flexibility index (Phi) is 6.47. The zero-order chi connectivity index (χ0) is 24.2. The summed E-state index contributed by atoms with van der Waals surface area (Å²) in [5.41, 5.74) is 2.98. The van der Waals surface area contributed by atoms with E-state index in [1.807, 2.05) is 0 Å². The number of hydrogen-bond acceptors (Lipinski definition) is 10. The molecule has 0 bridgehead atoms. The van der Waals surface area contributed by atoms with Crippen LogP contribution >= 0.6 is 23.1 Å². The molecule has 1 amide bonds. The molecule has 0 spiro atoms. The van der Waals surface area contributed by atoms with Gasteiger partial charge < -0.3 is 5.11 Å². The summed E-state index contributed by atoms with van der Waals surface area (Å²) in [6.45, 7) is 0. The highest BCUT2D eigenvalue weighted by Gasteiger charge is 2.18. The summed E-state index contributed by atoms with van der Waals surface area (Å²) < 4.78 is 1.10. The number of amides is 1. The maximum absolute atomic E-state index is 12.1. The Balaban J connectivity index is 1.52. The molecule has 0 aliphatic carbocycles. The maximum atomic E-state index is 12.1. The largest absolute Gasteiger partial charge is 0.507 e. The average Bonchev–Trinajstić information content (AvgIpc) is 3.21. The molecule has 4 rings (SSSR count). The molecule has 34 heavy (non-hydrogen) atoms. The molecule has 0 radical (unpaired) electrons. The topological polar surface area (TPSA) is 161 Å². The predicted octanol–water partition coefficient (Wildman–Crippen LogP) is 4.73. The van der Waals surface area contributed by atoms with Crippen molar-refractivity contribution in [3.05, 3.63) is 92.0 Å². The number of nitrogens with one attached hydrogen (secondary N) is 1. The molecule has 11 nitrogen and oxygen atoms in total. The van der Waals surface area contributed by atoms with Gasteiger partial charge in [-0.25, -0.2) is 10.4 Å². The number of rotatable bonds is 7. The highest BCUT2D eigenvalue weighted by molar-refractivity contribution is 8.01. The fraction of sp³-hybridized carbons (Fsp3) is 0. The van der Waals surface area contributed by atoms with Gasteiger partial charge in [-0.05, 0) is 24.3 Å². The zero-order valence-corrected chi connectivity index (χ0v) is 18.6. The van der Waals surface area contributed by atoms with Crippen LogP contribution < -0.4 is 5.43 Å². The van der Waals surface area contributed by atoms with Crippen LogP contribution in [0.15, 0.2) is 75.0 Å². The van der Waals surface area contributed by atoms with Crippen LogP contribution in [0.2, 0.25) is 0 Å². The number of thiazole rings is 1. The van der Waals surface area contributed by atoms with Crippen molar-refractivity contribution >= 4 is 56.8 Å². The summed E-state index contributed by atoms with van der Waals surface area (Å²) in [5, 5.41) is 36.1. The first-order chi connectivity index (χ1) is 16.3. The molecule has 0 fully saturated rings. The van der Waals surface area contributed by atoms with Crippen molar-refractivity contribution in [2.75, 3.05) is 0 Å². The normalized spacial score (nSPS) is 11.1. The number of carbonyl (C=O) groups is 1. The molecule has 1 heterocycles. The Labute approximate surface area is 199 Å². The van der Waals surface area contributed by atoms with Crippen LogP contribution in [0.25, 0.3) is 10.2 Å². The molecule has 0 unspecified atom stereocenters. The van der Waals surface area contributed by atoms with Crippen LogP contribution in [0, 0.1) is 20.2 Å². The first-order valence-electron chi connectivity index (χ1n) is 9.44. The number of nitrogens with zero attached hydrogens (tertiary/aromatic N) is 4. The lowest BCUT2D eigenvalue weighted by molar-refractivity contribution is -0.387. The molecule has 0 saturated carbocycles. The van der Waals surface area contributed by atoms with Crippen molar-refractivity contribution in [1.82, 2.24) is 10.4 Å². The number of nitro groups is 2. The van der Waals surface area contributed by atoms with Gasteiger partial charge in [0.1, 0.15) is 5.75 Å². The number of nitro benzene ring substituents is 2. The Morgan fingerprint density at radius 3 is 2.62 bits per heavy atom. The van der Waals surface area contributed by atoms with E-state index >= 15 is 0 Å². The van der Waals surface area contributed by atoms with Crippen LogP contribution in [0.5, 0.6) is 5.75 Å². The van der Waals surface area contributed by atoms with Gasteiger partial charge in [-0.1, -0.05) is 30.0 Å². The van der Waals surface area contributed by atoms with E-state index < -0.39 is 15.8 Å². The lowest BCUT2D eigenvalue weighted by atomic mass is 10.2. The zero-order valence-electron chi connectivity index (χ0n) is 16.9. The van der Waals surface area contributed by atoms with E-state index in [4.69, 9.17) is 0 Å². The van der Waals surface area contributed by atoms with Gasteiger partial charge in [0.15, 0.2) is 4.34 Å². The predicted molar refractivity (Wildman–Crippen MR) is 127 cm³/mol. The third kappa shape index (κ3) is 5.00. The molecule has 0 aliphatic heterocycles. The fourth-order valence-corrected chi connectivity index (χ4v) is 5.02. The lowest BCUT2D eigenvalue weighted by Crippen LogP contribution is -2.17. The van der Waals surface area contributed by atoms with E-state index in [-0.39, 0.29) is 22.7 Å². The Bertz CT molecular complexity index is 1470. The quantitative estimate of drug-likeness (QED) is 0.211. The van der Waals surface area contributed by atoms with Crippen molar-refractivity contribution in [2.45, 2.75) is 9.24 Å². The summed E-state index contributed by atoms with van der Waals surface area (Å²) in [6.07, 6.45) is 1.25. The number of carbonyl (C=O) groups excluding carboxylic acids is 1. The number of aromatic nitrogens is 1. The second-order valence-electron chi connectivity index (χ2n) is 6.69. The maximum Gasteiger partial charge on any atom is 0.283 e. The van der Waals surface area contributed by atoms with Crippen LogP contribution in [0.1, 0.15) is 15.9 Å². The van der Waals surface area contributed by atoms with E-state index in [0.717, 1.165) is 11.8 Å². The molecule has 3 aromatic carbocycles. The Morgan fingerprint density at radius 2 is 1.88 bits per heavy atom. The van der Waals surface area contributed by atoms with E-state index in [2.05, 4.69) is 15.5 Å². The molecule has 0 saturated heterocycles. The summed E-state index contributed by atoms with van der Waals surface area (Å²) in [5.74, 6) is -0.830. The van der Waals surface area contributed by atoms with Gasteiger partial charge in [0.2, 0.25) is 0 Å². The van der Waals surface area contributed by atoms with Crippen molar-refractivity contribution < 1.29 is 19.7 Å². The van der Waals surface area contributed by atoms with Gasteiger partial charge in [0.05, 0.1) is 36.7 Å². The smallest absolute Gasteiger partial charge is 0.283 e. The molecule has 170 valence electrons. The second-order valence-corrected chi connectivity index (χ2v) is 9.01. The molecule has 4 aromatic rings. The van der Waals surface area contributed by atoms with E-state index in [1.54, 1.807) is 18.2 Å². The van der Waals surface area contributed by atoms with Gasteiger partial charge >= 0.3 is 0 Å². The molecule has 0 aliphatic rings. The molecule has 1 aromatic heterocycles. The van der Waals surface area contributed by atoms with Gasteiger partial charge in [-0.3, -0.25) is 25.0 Å². The monoisotopic (exact) mass is 495 g/mol. The van der Waals surface area contributed by atoms with Crippen LogP contribution in [0.4, 0.5) is 11.4 Å². The highest BCUT2D eigenvalue weighted by atomic mass is 32.2. The summed E-state index contributed by atoms with van der Waals surface area (Å²) in [6, 6.07) is 14.7. The van der Waals surface area contributed by atoms with Crippen LogP contribution in [0.3, 0.4) is 0 Å². The Hall–Kier alpha value is -4.36. The molecular formula is C21H13N5O6S2. The van der Waals surface area contributed by atoms with Crippen molar-refractivity contribution in [3.63, 3.8) is 0 Å². The van der Waals surface area contributed by atoms with Crippen LogP contribution in [-0.2, 0) is 0 Å². The number of phenols is 1. The highest BCUT2D eigenvalue weighted by Crippen LogP contribution is 2.39. The number of aromatic hydroxyl groups is 1. The number of non-ortho nitro benzene ring substituents is 1. The molecular weight excluding hydrogens is 482 g/mol. The minimum absolute atomic E-state index is 0.0403. The van der Waals surface area contributed by atoms with Gasteiger partial charge in [0.25, 0.3) is 17.3 Å². The minimum atomic E-state index is -0.632. The third-order valence-electron chi connectivity index (χ3n) is 4.47. The summed E-state index contributed by atoms with van der Waals surface area (Å²) >= 11 is 2.27. The Morgan fingerprint density at radius 1 is 1.09 bits per heavy atom. The minimum Gasteiger partial charge on any atom is -0.507 e. The van der Waals surface area contributed by atoms with Gasteiger partial charge in [0, 0.05) is 23.8 Å². The number of hydrogen-bond donors (Lipinski definition) is 2. The summed E-state index contributed by atoms with van der Waals surface area (Å²) in [4.78, 5) is 38.3. The number of phenolic OH excluding ortho intramolecular Hbond substituents is 1. The third-order valence-corrected chi connectivity index (χ3v) is 6.61. The van der Waals surface area contributed by atoms with Gasteiger partial charge in [-0.15, -0.1) is 11.3 Å². The average molecular weight is 495 g/mol. The first-order valence-corrected chi connectivity index (χ1v) is 11.1. The standard InChI is InChI=1S/C21H13N5O6S2/c27-17-4-2-1-3-14(17)20(28)24-22-11-12-5-8-18(16(9-12)26(31)32)33-21-23-15-7-6-13(25(29)30)10-19(15)34-21/h1-11,27H,(H,24,28). The second kappa shape index (κ2) is 9.64. The number of hydrazone groups is 1. The van der Waals surface area contributed by atoms with Crippen molar-refractivity contribution in [1.29, 1.82) is 0 Å². The number of fused-ring (bicyclic) bond motifs is 1. The van der Waals surface area contributed by atoms with E-state index in [0.29, 0.717) is 25.0 Å². The van der Waals surface area contributed by atoms with E-state index in [1.165, 1.54) is 60.0 Å². The van der Waals surface area contributed by atoms with Gasteiger partial charge in [-0.2, -0.15) is 5.10 Å². The molecule has 0 atom stereocenters. The number of para-hydroxylation sites is 1. The van der Waals surface area contributed by atoms with E-state index in [9.17, 15) is 30.1 Å². The summed E-state index contributed by atoms with van der Waals surface area (Å²) in [7, 11) is 0. The fourth-order valence-electron chi connectivity index (χ4n) is 2.88. The molecule has 2 N–H and O–H groups in total. The lowest BCUT2D eigenvalue weighted by Gasteiger charge is -2.03. The van der Waals surface area contributed by atoms with Crippen molar-refractivity contribution in [2.24, 2.45) is 5.10 Å². The van der Waals surface area contributed by atoms with Crippen LogP contribution in [-0.4, -0.2) is 32.1 Å².